The van der Waals surface area contributed by atoms with E-state index in [2.05, 4.69) is 22.9 Å². The number of nitrogen functional groups attached to an aromatic ring is 1. The third-order valence-electron chi connectivity index (χ3n) is 2.74. The van der Waals surface area contributed by atoms with Crippen LogP contribution in [0.3, 0.4) is 0 Å². The van der Waals surface area contributed by atoms with Gasteiger partial charge in [-0.15, -0.1) is 0 Å². The lowest BCUT2D eigenvalue weighted by atomic mass is 10.2. The molecule has 0 fully saturated rings. The van der Waals surface area contributed by atoms with E-state index < -0.39 is 0 Å². The molecule has 16 heavy (non-hydrogen) atoms. The van der Waals surface area contributed by atoms with Crippen LogP contribution in [0.1, 0.15) is 13.3 Å². The van der Waals surface area contributed by atoms with Gasteiger partial charge in [0.25, 0.3) is 0 Å². The van der Waals surface area contributed by atoms with Gasteiger partial charge >= 0.3 is 0 Å². The molecule has 86 valence electrons. The first kappa shape index (κ1) is 11.0. The van der Waals surface area contributed by atoms with Crippen LogP contribution in [0.4, 0.5) is 5.69 Å². The molecule has 1 aromatic heterocycles. The molecule has 0 amide bonds. The van der Waals surface area contributed by atoms with Crippen molar-refractivity contribution in [1.29, 1.82) is 0 Å². The Morgan fingerprint density at radius 3 is 3.00 bits per heavy atom. The fraction of sp³-hybridized carbons (Fsp3) is 0.385. The van der Waals surface area contributed by atoms with Crippen LogP contribution in [0.25, 0.3) is 10.9 Å². The highest BCUT2D eigenvalue weighted by molar-refractivity contribution is 5.91. The van der Waals surface area contributed by atoms with E-state index in [4.69, 9.17) is 10.5 Å². The first-order valence-corrected chi connectivity index (χ1v) is 5.74. The summed E-state index contributed by atoms with van der Waals surface area (Å²) in [5.74, 6) is 0. The van der Waals surface area contributed by atoms with Crippen LogP contribution in [0, 0.1) is 0 Å². The van der Waals surface area contributed by atoms with Crippen LogP contribution in [-0.2, 0) is 11.3 Å². The van der Waals surface area contributed by atoms with Crippen LogP contribution >= 0.6 is 0 Å². The summed E-state index contributed by atoms with van der Waals surface area (Å²) in [5.41, 5.74) is 7.96. The summed E-state index contributed by atoms with van der Waals surface area (Å²) in [4.78, 5) is 0. The summed E-state index contributed by atoms with van der Waals surface area (Å²) in [6.07, 6.45) is 3.12. The molecule has 3 heteroatoms. The van der Waals surface area contributed by atoms with E-state index in [0.29, 0.717) is 0 Å². The maximum atomic E-state index is 5.91. The van der Waals surface area contributed by atoms with Gasteiger partial charge in [-0.05, 0) is 31.5 Å². The lowest BCUT2D eigenvalue weighted by Crippen LogP contribution is -2.01. The van der Waals surface area contributed by atoms with Crippen molar-refractivity contribution in [3.05, 3.63) is 30.5 Å². The summed E-state index contributed by atoms with van der Waals surface area (Å²) in [6, 6.07) is 8.11. The Labute approximate surface area is 95.8 Å². The highest BCUT2D eigenvalue weighted by Crippen LogP contribution is 2.21. The van der Waals surface area contributed by atoms with Crippen molar-refractivity contribution in [2.75, 3.05) is 18.9 Å². The molecule has 2 aromatic rings. The normalized spacial score (nSPS) is 11.1. The van der Waals surface area contributed by atoms with Gasteiger partial charge in [0.1, 0.15) is 0 Å². The molecule has 0 aliphatic carbocycles. The molecule has 0 saturated carbocycles. The minimum Gasteiger partial charge on any atom is -0.398 e. The van der Waals surface area contributed by atoms with Crippen LogP contribution in [0.15, 0.2) is 30.5 Å². The number of nitrogens with two attached hydrogens (primary N) is 1. The smallest absolute Gasteiger partial charge is 0.0501 e. The molecule has 0 unspecified atom stereocenters. The quantitative estimate of drug-likeness (QED) is 0.619. The van der Waals surface area contributed by atoms with E-state index in [0.717, 1.165) is 37.3 Å². The molecule has 2 N–H and O–H groups in total. The summed E-state index contributed by atoms with van der Waals surface area (Å²) in [5, 5.41) is 1.14. The minimum atomic E-state index is 0.791. The Kier molecular flexibility index (Phi) is 3.47. The second kappa shape index (κ2) is 5.03. The highest BCUT2D eigenvalue weighted by Gasteiger charge is 2.02. The second-order valence-corrected chi connectivity index (χ2v) is 3.84. The average molecular weight is 218 g/mol. The Morgan fingerprint density at radius 1 is 1.31 bits per heavy atom. The molecule has 1 heterocycles. The fourth-order valence-corrected chi connectivity index (χ4v) is 1.92. The summed E-state index contributed by atoms with van der Waals surface area (Å²) in [7, 11) is 0. The number of hydrogen-bond donors (Lipinski definition) is 1. The number of aromatic nitrogens is 1. The van der Waals surface area contributed by atoms with E-state index in [1.54, 1.807) is 0 Å². The first-order valence-electron chi connectivity index (χ1n) is 5.74. The van der Waals surface area contributed by atoms with Gasteiger partial charge in [0.2, 0.25) is 0 Å². The molecule has 0 saturated heterocycles. The third kappa shape index (κ3) is 2.19. The first-order chi connectivity index (χ1) is 7.83. The van der Waals surface area contributed by atoms with Crippen molar-refractivity contribution in [2.45, 2.75) is 19.9 Å². The Bertz CT molecular complexity index is 462. The van der Waals surface area contributed by atoms with E-state index in [1.807, 2.05) is 19.1 Å². The number of aryl methyl sites for hydroxylation is 1. The van der Waals surface area contributed by atoms with Gasteiger partial charge in [-0.2, -0.15) is 0 Å². The number of anilines is 1. The highest BCUT2D eigenvalue weighted by atomic mass is 16.5. The van der Waals surface area contributed by atoms with Gasteiger partial charge in [0, 0.05) is 37.0 Å². The molecular weight excluding hydrogens is 200 g/mol. The SMILES string of the molecule is CCOCCCn1ccc2c(N)cccc21. The molecule has 0 bridgehead atoms. The standard InChI is InChI=1S/C13H18N2O/c1-2-16-10-4-8-15-9-7-11-12(14)5-3-6-13(11)15/h3,5-7,9H,2,4,8,10,14H2,1H3. The van der Waals surface area contributed by atoms with Crippen LogP contribution in [0.2, 0.25) is 0 Å². The van der Waals surface area contributed by atoms with Gasteiger partial charge < -0.3 is 15.0 Å². The van der Waals surface area contributed by atoms with Crippen molar-refractivity contribution < 1.29 is 4.74 Å². The Hall–Kier alpha value is -1.48. The minimum absolute atomic E-state index is 0.791. The zero-order valence-electron chi connectivity index (χ0n) is 9.65. The zero-order valence-corrected chi connectivity index (χ0v) is 9.65. The van der Waals surface area contributed by atoms with Crippen molar-refractivity contribution in [1.82, 2.24) is 4.57 Å². The zero-order chi connectivity index (χ0) is 11.4. The topological polar surface area (TPSA) is 40.2 Å². The molecular formula is C13H18N2O. The van der Waals surface area contributed by atoms with Crippen molar-refractivity contribution in [2.24, 2.45) is 0 Å². The number of rotatable bonds is 5. The van der Waals surface area contributed by atoms with Crippen molar-refractivity contribution in [3.8, 4) is 0 Å². The summed E-state index contributed by atoms with van der Waals surface area (Å²) in [6.45, 7) is 4.61. The lowest BCUT2D eigenvalue weighted by Gasteiger charge is -2.06. The van der Waals surface area contributed by atoms with E-state index in [1.165, 1.54) is 5.52 Å². The second-order valence-electron chi connectivity index (χ2n) is 3.84. The third-order valence-corrected chi connectivity index (χ3v) is 2.74. The monoisotopic (exact) mass is 218 g/mol. The largest absolute Gasteiger partial charge is 0.398 e. The number of benzene rings is 1. The van der Waals surface area contributed by atoms with Gasteiger partial charge in [0.05, 0.1) is 5.52 Å². The Balaban J connectivity index is 2.10. The number of hydrogen-bond acceptors (Lipinski definition) is 2. The molecule has 0 aliphatic heterocycles. The van der Waals surface area contributed by atoms with Crippen LogP contribution < -0.4 is 5.73 Å². The Morgan fingerprint density at radius 2 is 2.19 bits per heavy atom. The van der Waals surface area contributed by atoms with Crippen LogP contribution in [0.5, 0.6) is 0 Å². The molecule has 1 aromatic carbocycles. The van der Waals surface area contributed by atoms with Gasteiger partial charge in [-0.3, -0.25) is 0 Å². The molecule has 0 atom stereocenters. The van der Waals surface area contributed by atoms with Gasteiger partial charge in [-0.25, -0.2) is 0 Å². The van der Waals surface area contributed by atoms with Gasteiger partial charge in [0.15, 0.2) is 0 Å². The predicted octanol–water partition coefficient (Wildman–Crippen LogP) is 2.65. The number of ether oxygens (including phenoxy) is 1. The van der Waals surface area contributed by atoms with Crippen LogP contribution in [-0.4, -0.2) is 17.8 Å². The molecule has 2 rings (SSSR count). The predicted molar refractivity (Wildman–Crippen MR) is 67.5 cm³/mol. The maximum absolute atomic E-state index is 5.91. The average Bonchev–Trinajstić information content (AvgIpc) is 2.70. The van der Waals surface area contributed by atoms with Gasteiger partial charge in [-0.1, -0.05) is 6.07 Å². The molecule has 3 nitrogen and oxygen atoms in total. The molecule has 0 radical (unpaired) electrons. The molecule has 0 aliphatic rings. The molecule has 0 spiro atoms. The maximum Gasteiger partial charge on any atom is 0.0501 e. The number of fused-ring (bicyclic) bond motifs is 1. The lowest BCUT2D eigenvalue weighted by molar-refractivity contribution is 0.142. The van der Waals surface area contributed by atoms with E-state index in [-0.39, 0.29) is 0 Å². The number of nitrogens with zero attached hydrogens (tertiary/aromatic N) is 1. The van der Waals surface area contributed by atoms with E-state index in [9.17, 15) is 0 Å². The fourth-order valence-electron chi connectivity index (χ4n) is 1.92. The van der Waals surface area contributed by atoms with E-state index >= 15 is 0 Å². The summed E-state index contributed by atoms with van der Waals surface area (Å²) < 4.78 is 7.56. The van der Waals surface area contributed by atoms with Crippen molar-refractivity contribution >= 4 is 16.6 Å². The van der Waals surface area contributed by atoms with Crippen molar-refractivity contribution in [3.63, 3.8) is 0 Å². The summed E-state index contributed by atoms with van der Waals surface area (Å²) >= 11 is 0.